The molecule has 146 valence electrons. The van der Waals surface area contributed by atoms with Crippen molar-refractivity contribution in [2.24, 2.45) is 0 Å². The Labute approximate surface area is 174 Å². The van der Waals surface area contributed by atoms with Crippen LogP contribution in [-0.2, 0) is 4.79 Å². The van der Waals surface area contributed by atoms with E-state index in [0.29, 0.717) is 32.8 Å². The Kier molecular flexibility index (Phi) is 7.33. The van der Waals surface area contributed by atoms with Crippen molar-refractivity contribution in [3.05, 3.63) is 57.1 Å². The van der Waals surface area contributed by atoms with Crippen LogP contribution in [0.25, 0.3) is 6.08 Å². The van der Waals surface area contributed by atoms with Crippen molar-refractivity contribution >= 4 is 40.9 Å². The number of carbonyl (C=O) groups excluding carboxylic acids is 1. The number of nitrogens with one attached hydrogen (secondary N) is 1. The Hall–Kier alpha value is -2.68. The van der Waals surface area contributed by atoms with E-state index < -0.39 is 5.91 Å². The predicted octanol–water partition coefficient (Wildman–Crippen LogP) is 5.64. The maximum Gasteiger partial charge on any atom is 0.266 e. The van der Waals surface area contributed by atoms with Gasteiger partial charge in [-0.1, -0.05) is 29.3 Å². The van der Waals surface area contributed by atoms with E-state index in [-0.39, 0.29) is 11.7 Å². The SMILES string of the molecule is COc1cc(/C=C(\C#N)C(=O)Nc2cccc(Cl)c2C)cc(Cl)c1OC(C)C. The van der Waals surface area contributed by atoms with Gasteiger partial charge in [-0.2, -0.15) is 5.26 Å². The van der Waals surface area contributed by atoms with E-state index in [1.807, 2.05) is 19.9 Å². The van der Waals surface area contributed by atoms with E-state index in [4.69, 9.17) is 32.7 Å². The molecule has 1 amide bonds. The average Bonchev–Trinajstić information content (AvgIpc) is 2.64. The fourth-order valence-corrected chi connectivity index (χ4v) is 2.86. The van der Waals surface area contributed by atoms with Crippen LogP contribution in [0.3, 0.4) is 0 Å². The van der Waals surface area contributed by atoms with Gasteiger partial charge in [0.05, 0.1) is 18.2 Å². The van der Waals surface area contributed by atoms with Crippen molar-refractivity contribution in [2.45, 2.75) is 26.9 Å². The summed E-state index contributed by atoms with van der Waals surface area (Å²) >= 11 is 12.4. The van der Waals surface area contributed by atoms with E-state index in [2.05, 4.69) is 5.32 Å². The Morgan fingerprint density at radius 1 is 1.25 bits per heavy atom. The molecule has 0 saturated heterocycles. The van der Waals surface area contributed by atoms with Gasteiger partial charge in [0.1, 0.15) is 11.6 Å². The van der Waals surface area contributed by atoms with Crippen LogP contribution in [0.5, 0.6) is 11.5 Å². The lowest BCUT2D eigenvalue weighted by Crippen LogP contribution is -2.14. The molecule has 28 heavy (non-hydrogen) atoms. The maximum absolute atomic E-state index is 12.5. The third-order valence-electron chi connectivity index (χ3n) is 3.80. The average molecular weight is 419 g/mol. The number of methoxy groups -OCH3 is 1. The van der Waals surface area contributed by atoms with Crippen LogP contribution < -0.4 is 14.8 Å². The highest BCUT2D eigenvalue weighted by molar-refractivity contribution is 6.32. The van der Waals surface area contributed by atoms with Crippen molar-refractivity contribution in [1.29, 1.82) is 5.26 Å². The van der Waals surface area contributed by atoms with Gasteiger partial charge in [0.2, 0.25) is 0 Å². The number of ether oxygens (including phenoxy) is 2. The first-order valence-electron chi connectivity index (χ1n) is 8.49. The standard InChI is InChI=1S/C21H20Cl2N2O3/c1-12(2)28-20-17(23)9-14(10-19(20)27-4)8-15(11-24)21(26)25-18-7-5-6-16(22)13(18)3/h5-10,12H,1-4H3,(H,25,26)/b15-8+. The molecular weight excluding hydrogens is 399 g/mol. The van der Waals surface area contributed by atoms with Crippen LogP contribution in [0.2, 0.25) is 10.0 Å². The van der Waals surface area contributed by atoms with Gasteiger partial charge in [0.15, 0.2) is 11.5 Å². The van der Waals surface area contributed by atoms with Gasteiger partial charge in [-0.05, 0) is 62.2 Å². The molecule has 0 aliphatic carbocycles. The molecule has 5 nitrogen and oxygen atoms in total. The predicted molar refractivity (Wildman–Crippen MR) is 112 cm³/mol. The molecule has 2 rings (SSSR count). The van der Waals surface area contributed by atoms with Crippen LogP contribution >= 0.6 is 23.2 Å². The van der Waals surface area contributed by atoms with Gasteiger partial charge < -0.3 is 14.8 Å². The minimum absolute atomic E-state index is 0.0879. The van der Waals surface area contributed by atoms with Crippen molar-refractivity contribution in [3.8, 4) is 17.6 Å². The number of hydrogen-bond acceptors (Lipinski definition) is 4. The molecule has 0 aliphatic heterocycles. The summed E-state index contributed by atoms with van der Waals surface area (Å²) in [5.74, 6) is 0.273. The third kappa shape index (κ3) is 5.19. The Morgan fingerprint density at radius 3 is 2.57 bits per heavy atom. The summed E-state index contributed by atoms with van der Waals surface area (Å²) in [5.41, 5.74) is 1.70. The van der Waals surface area contributed by atoms with Crippen LogP contribution in [0, 0.1) is 18.3 Å². The lowest BCUT2D eigenvalue weighted by Gasteiger charge is -2.15. The molecule has 0 saturated carbocycles. The molecule has 7 heteroatoms. The minimum Gasteiger partial charge on any atom is -0.493 e. The molecule has 0 radical (unpaired) electrons. The lowest BCUT2D eigenvalue weighted by molar-refractivity contribution is -0.112. The molecule has 0 spiro atoms. The van der Waals surface area contributed by atoms with Gasteiger partial charge in [-0.3, -0.25) is 4.79 Å². The summed E-state index contributed by atoms with van der Waals surface area (Å²) in [5, 5.41) is 13.0. The summed E-state index contributed by atoms with van der Waals surface area (Å²) < 4.78 is 11.0. The molecule has 0 heterocycles. The number of amides is 1. The number of anilines is 1. The number of nitrogens with zero attached hydrogens (tertiary/aromatic N) is 1. The van der Waals surface area contributed by atoms with E-state index in [9.17, 15) is 10.1 Å². The monoisotopic (exact) mass is 418 g/mol. The summed E-state index contributed by atoms with van der Waals surface area (Å²) in [7, 11) is 1.49. The smallest absolute Gasteiger partial charge is 0.266 e. The molecule has 0 bridgehead atoms. The summed E-state index contributed by atoms with van der Waals surface area (Å²) in [4.78, 5) is 12.5. The third-order valence-corrected chi connectivity index (χ3v) is 4.49. The molecule has 1 N–H and O–H groups in total. The summed E-state index contributed by atoms with van der Waals surface area (Å²) in [6.45, 7) is 5.53. The molecule has 0 atom stereocenters. The highest BCUT2D eigenvalue weighted by Gasteiger charge is 2.16. The Morgan fingerprint density at radius 2 is 1.96 bits per heavy atom. The van der Waals surface area contributed by atoms with Crippen molar-refractivity contribution in [1.82, 2.24) is 0 Å². The lowest BCUT2D eigenvalue weighted by atomic mass is 10.1. The first-order valence-corrected chi connectivity index (χ1v) is 9.24. The highest BCUT2D eigenvalue weighted by atomic mass is 35.5. The van der Waals surface area contributed by atoms with E-state index in [1.165, 1.54) is 13.2 Å². The van der Waals surface area contributed by atoms with Crippen LogP contribution in [0.1, 0.15) is 25.0 Å². The summed E-state index contributed by atoms with van der Waals surface area (Å²) in [6.07, 6.45) is 1.34. The topological polar surface area (TPSA) is 71.3 Å². The summed E-state index contributed by atoms with van der Waals surface area (Å²) in [6, 6.07) is 10.3. The van der Waals surface area contributed by atoms with Crippen molar-refractivity contribution in [3.63, 3.8) is 0 Å². The molecular formula is C21H20Cl2N2O3. The fourth-order valence-electron chi connectivity index (χ4n) is 2.42. The molecule has 0 aliphatic rings. The van der Waals surface area contributed by atoms with E-state index >= 15 is 0 Å². The number of hydrogen-bond donors (Lipinski definition) is 1. The van der Waals surface area contributed by atoms with Crippen LogP contribution in [0.4, 0.5) is 5.69 Å². The zero-order chi connectivity index (χ0) is 20.8. The van der Waals surface area contributed by atoms with Gasteiger partial charge in [-0.15, -0.1) is 0 Å². The maximum atomic E-state index is 12.5. The molecule has 2 aromatic rings. The number of rotatable bonds is 6. The highest BCUT2D eigenvalue weighted by Crippen LogP contribution is 2.37. The van der Waals surface area contributed by atoms with Crippen molar-refractivity contribution < 1.29 is 14.3 Å². The molecule has 0 fully saturated rings. The molecule has 0 aromatic heterocycles. The number of halogens is 2. The number of carbonyl (C=O) groups is 1. The quantitative estimate of drug-likeness (QED) is 0.486. The zero-order valence-electron chi connectivity index (χ0n) is 16.0. The van der Waals surface area contributed by atoms with E-state index in [0.717, 1.165) is 5.56 Å². The normalized spacial score (nSPS) is 11.1. The second-order valence-corrected chi connectivity index (χ2v) is 7.05. The number of nitriles is 1. The minimum atomic E-state index is -0.550. The van der Waals surface area contributed by atoms with Gasteiger partial charge in [-0.25, -0.2) is 0 Å². The van der Waals surface area contributed by atoms with Crippen LogP contribution in [0.15, 0.2) is 35.9 Å². The zero-order valence-corrected chi connectivity index (χ0v) is 17.5. The first-order chi connectivity index (χ1) is 13.3. The van der Waals surface area contributed by atoms with Gasteiger partial charge in [0, 0.05) is 10.7 Å². The first kappa shape index (κ1) is 21.6. The Balaban J connectivity index is 2.36. The fraction of sp³-hybridized carbons (Fsp3) is 0.238. The second-order valence-electron chi connectivity index (χ2n) is 6.24. The Bertz CT molecular complexity index is 963. The second kappa shape index (κ2) is 9.50. The van der Waals surface area contributed by atoms with Gasteiger partial charge in [0.25, 0.3) is 5.91 Å². The molecule has 0 unspecified atom stereocenters. The molecule has 2 aromatic carbocycles. The van der Waals surface area contributed by atoms with Crippen LogP contribution in [-0.4, -0.2) is 19.1 Å². The number of benzene rings is 2. The van der Waals surface area contributed by atoms with E-state index in [1.54, 1.807) is 37.3 Å². The van der Waals surface area contributed by atoms with Crippen molar-refractivity contribution in [2.75, 3.05) is 12.4 Å². The largest absolute Gasteiger partial charge is 0.493 e. The van der Waals surface area contributed by atoms with Gasteiger partial charge >= 0.3 is 0 Å².